The molecule has 0 spiro atoms. The van der Waals surface area contributed by atoms with E-state index in [4.69, 9.17) is 9.47 Å². The van der Waals surface area contributed by atoms with Crippen LogP contribution in [0.25, 0.3) is 0 Å². The number of fused-ring (bicyclic) bond motifs is 1. The van der Waals surface area contributed by atoms with Crippen LogP contribution in [0.15, 0.2) is 47.4 Å². The summed E-state index contributed by atoms with van der Waals surface area (Å²) in [5.74, 6) is 0.180. The van der Waals surface area contributed by atoms with Crippen molar-refractivity contribution in [3.05, 3.63) is 53.6 Å². The number of rotatable bonds is 8. The molecular formula is C26H33N3O6S. The largest absolute Gasteiger partial charge is 0.454 e. The molecule has 2 aliphatic rings. The van der Waals surface area contributed by atoms with Crippen LogP contribution in [0.2, 0.25) is 0 Å². The van der Waals surface area contributed by atoms with Gasteiger partial charge in [-0.05, 0) is 69.4 Å². The molecule has 0 aromatic heterocycles. The van der Waals surface area contributed by atoms with Gasteiger partial charge in [-0.3, -0.25) is 9.59 Å². The Labute approximate surface area is 212 Å². The standard InChI is InChI=1S/C26H33N3O6S/c1-4-18(3)27-26(31)24(28-25(30)20-7-10-22-23(15-20)35-16-34-22)19-11-13-29(14-12-19)36(32,33)21-8-5-17(2)6-9-21/h5-10,15,18-19,24H,4,11-14,16H2,1-3H3,(H,27,31)(H,28,30)/t18-,24+/m0/s1. The van der Waals surface area contributed by atoms with E-state index in [-0.39, 0.29) is 42.6 Å². The molecule has 1 fully saturated rings. The Kier molecular flexibility index (Phi) is 7.85. The van der Waals surface area contributed by atoms with Gasteiger partial charge in [0.2, 0.25) is 22.7 Å². The van der Waals surface area contributed by atoms with Crippen LogP contribution in [0.4, 0.5) is 0 Å². The second kappa shape index (κ2) is 10.9. The molecule has 2 aromatic rings. The Morgan fingerprint density at radius 2 is 1.69 bits per heavy atom. The molecule has 2 amide bonds. The number of ether oxygens (including phenoxy) is 2. The molecule has 10 heteroatoms. The average Bonchev–Trinajstić information content (AvgIpc) is 3.35. The Morgan fingerprint density at radius 1 is 1.03 bits per heavy atom. The van der Waals surface area contributed by atoms with Crippen molar-refractivity contribution in [2.75, 3.05) is 19.9 Å². The maximum absolute atomic E-state index is 13.2. The molecule has 2 heterocycles. The van der Waals surface area contributed by atoms with Crippen molar-refractivity contribution >= 4 is 21.8 Å². The zero-order valence-electron chi connectivity index (χ0n) is 20.8. The van der Waals surface area contributed by atoms with Crippen LogP contribution in [-0.4, -0.2) is 56.5 Å². The zero-order chi connectivity index (χ0) is 25.9. The quantitative estimate of drug-likeness (QED) is 0.559. The normalized spacial score (nSPS) is 17.9. The lowest BCUT2D eigenvalue weighted by molar-refractivity contribution is -0.125. The fourth-order valence-electron chi connectivity index (χ4n) is 4.40. The van der Waals surface area contributed by atoms with Gasteiger partial charge in [-0.2, -0.15) is 4.31 Å². The highest BCUT2D eigenvalue weighted by atomic mass is 32.2. The van der Waals surface area contributed by atoms with E-state index in [9.17, 15) is 18.0 Å². The summed E-state index contributed by atoms with van der Waals surface area (Å²) >= 11 is 0. The van der Waals surface area contributed by atoms with Gasteiger partial charge in [-0.25, -0.2) is 8.42 Å². The van der Waals surface area contributed by atoms with E-state index in [0.29, 0.717) is 29.9 Å². The van der Waals surface area contributed by atoms with Crippen LogP contribution in [0, 0.1) is 12.8 Å². The van der Waals surface area contributed by atoms with E-state index in [1.165, 1.54) is 4.31 Å². The fraction of sp³-hybridized carbons (Fsp3) is 0.462. The third kappa shape index (κ3) is 5.65. The van der Waals surface area contributed by atoms with E-state index in [1.807, 2.05) is 20.8 Å². The first-order chi connectivity index (χ1) is 17.2. The highest BCUT2D eigenvalue weighted by Gasteiger charge is 2.36. The number of carbonyl (C=O) groups is 2. The minimum atomic E-state index is -3.62. The van der Waals surface area contributed by atoms with Crippen LogP contribution in [0.3, 0.4) is 0 Å². The minimum Gasteiger partial charge on any atom is -0.454 e. The Hall–Kier alpha value is -3.11. The van der Waals surface area contributed by atoms with Crippen molar-refractivity contribution in [2.45, 2.75) is 57.0 Å². The van der Waals surface area contributed by atoms with Crippen LogP contribution >= 0.6 is 0 Å². The fourth-order valence-corrected chi connectivity index (χ4v) is 5.87. The van der Waals surface area contributed by atoms with E-state index in [0.717, 1.165) is 12.0 Å². The van der Waals surface area contributed by atoms with Gasteiger partial charge in [0.15, 0.2) is 11.5 Å². The minimum absolute atomic E-state index is 0.0514. The number of hydrogen-bond acceptors (Lipinski definition) is 6. The highest BCUT2D eigenvalue weighted by Crippen LogP contribution is 2.33. The SMILES string of the molecule is CC[C@H](C)NC(=O)[C@H](NC(=O)c1ccc2c(c1)OCO2)C1CCN(S(=O)(=O)c2ccc(C)cc2)CC1. The number of nitrogens with zero attached hydrogens (tertiary/aromatic N) is 1. The molecule has 1 saturated heterocycles. The summed E-state index contributed by atoms with van der Waals surface area (Å²) in [6, 6.07) is 10.8. The molecule has 2 aromatic carbocycles. The molecule has 0 saturated carbocycles. The van der Waals surface area contributed by atoms with Gasteiger partial charge in [0.05, 0.1) is 4.90 Å². The van der Waals surface area contributed by atoms with Crippen molar-refractivity contribution in [3.63, 3.8) is 0 Å². The van der Waals surface area contributed by atoms with Gasteiger partial charge >= 0.3 is 0 Å². The molecule has 4 rings (SSSR count). The molecule has 9 nitrogen and oxygen atoms in total. The predicted molar refractivity (Wildman–Crippen MR) is 134 cm³/mol. The van der Waals surface area contributed by atoms with Crippen molar-refractivity contribution in [3.8, 4) is 11.5 Å². The maximum atomic E-state index is 13.2. The smallest absolute Gasteiger partial charge is 0.252 e. The van der Waals surface area contributed by atoms with E-state index < -0.39 is 22.0 Å². The molecule has 36 heavy (non-hydrogen) atoms. The number of benzene rings is 2. The highest BCUT2D eigenvalue weighted by molar-refractivity contribution is 7.89. The summed E-state index contributed by atoms with van der Waals surface area (Å²) in [6.07, 6.45) is 1.65. The summed E-state index contributed by atoms with van der Waals surface area (Å²) in [5, 5.41) is 5.87. The number of aryl methyl sites for hydroxylation is 1. The van der Waals surface area contributed by atoms with Crippen molar-refractivity contribution < 1.29 is 27.5 Å². The lowest BCUT2D eigenvalue weighted by Gasteiger charge is -2.35. The van der Waals surface area contributed by atoms with Gasteiger partial charge in [0.1, 0.15) is 6.04 Å². The summed E-state index contributed by atoms with van der Waals surface area (Å²) in [4.78, 5) is 26.6. The summed E-state index contributed by atoms with van der Waals surface area (Å²) in [6.45, 7) is 6.43. The van der Waals surface area contributed by atoms with E-state index >= 15 is 0 Å². The van der Waals surface area contributed by atoms with Crippen molar-refractivity contribution in [1.82, 2.24) is 14.9 Å². The maximum Gasteiger partial charge on any atom is 0.252 e. The number of amides is 2. The molecule has 2 N–H and O–H groups in total. The third-order valence-electron chi connectivity index (χ3n) is 6.83. The van der Waals surface area contributed by atoms with Gasteiger partial charge in [-0.15, -0.1) is 0 Å². The van der Waals surface area contributed by atoms with Gasteiger partial charge in [-0.1, -0.05) is 24.6 Å². The van der Waals surface area contributed by atoms with E-state index in [1.54, 1.807) is 42.5 Å². The Balaban J connectivity index is 1.48. The summed E-state index contributed by atoms with van der Waals surface area (Å²) in [5.41, 5.74) is 1.35. The van der Waals surface area contributed by atoms with Gasteiger partial charge < -0.3 is 20.1 Å². The second-order valence-corrected chi connectivity index (χ2v) is 11.3. The number of nitrogens with one attached hydrogen (secondary N) is 2. The summed E-state index contributed by atoms with van der Waals surface area (Å²) in [7, 11) is -3.62. The lowest BCUT2D eigenvalue weighted by atomic mass is 9.89. The molecular weight excluding hydrogens is 482 g/mol. The molecule has 0 bridgehead atoms. The average molecular weight is 516 g/mol. The third-order valence-corrected chi connectivity index (χ3v) is 8.75. The first-order valence-corrected chi connectivity index (χ1v) is 13.7. The van der Waals surface area contributed by atoms with Crippen molar-refractivity contribution in [1.29, 1.82) is 0 Å². The van der Waals surface area contributed by atoms with Gasteiger partial charge in [0, 0.05) is 24.7 Å². The van der Waals surface area contributed by atoms with Crippen LogP contribution < -0.4 is 20.1 Å². The second-order valence-electron chi connectivity index (χ2n) is 9.39. The number of hydrogen-bond donors (Lipinski definition) is 2. The first-order valence-electron chi connectivity index (χ1n) is 12.3. The topological polar surface area (TPSA) is 114 Å². The lowest BCUT2D eigenvalue weighted by Crippen LogP contribution is -2.55. The summed E-state index contributed by atoms with van der Waals surface area (Å²) < 4.78 is 38.3. The molecule has 0 unspecified atom stereocenters. The monoisotopic (exact) mass is 515 g/mol. The molecule has 2 aliphatic heterocycles. The zero-order valence-corrected chi connectivity index (χ0v) is 21.6. The molecule has 0 aliphatic carbocycles. The van der Waals surface area contributed by atoms with E-state index in [2.05, 4.69) is 10.6 Å². The molecule has 2 atom stereocenters. The van der Waals surface area contributed by atoms with Crippen LogP contribution in [-0.2, 0) is 14.8 Å². The Bertz CT molecular complexity index is 1210. The number of sulfonamides is 1. The Morgan fingerprint density at radius 3 is 2.36 bits per heavy atom. The molecule has 0 radical (unpaired) electrons. The van der Waals surface area contributed by atoms with Gasteiger partial charge in [0.25, 0.3) is 5.91 Å². The number of piperidine rings is 1. The predicted octanol–water partition coefficient (Wildman–Crippen LogP) is 2.84. The first kappa shape index (κ1) is 26.0. The van der Waals surface area contributed by atoms with Crippen LogP contribution in [0.1, 0.15) is 49.0 Å². The van der Waals surface area contributed by atoms with Crippen LogP contribution in [0.5, 0.6) is 11.5 Å². The number of carbonyl (C=O) groups excluding carboxylic acids is 2. The molecule has 194 valence electrons. The van der Waals surface area contributed by atoms with Crippen molar-refractivity contribution in [2.24, 2.45) is 5.92 Å².